The zero-order chi connectivity index (χ0) is 15.7. The Labute approximate surface area is 136 Å². The van der Waals surface area contributed by atoms with Gasteiger partial charge in [0.05, 0.1) is 27.4 Å². The summed E-state index contributed by atoms with van der Waals surface area (Å²) in [5, 5.41) is 9.72. The van der Waals surface area contributed by atoms with Crippen LogP contribution in [0.25, 0.3) is 11.0 Å². The molecule has 7 heteroatoms. The van der Waals surface area contributed by atoms with E-state index in [1.165, 1.54) is 0 Å². The number of nitrogens with one attached hydrogen (secondary N) is 1. The van der Waals surface area contributed by atoms with Crippen molar-refractivity contribution in [3.63, 3.8) is 0 Å². The van der Waals surface area contributed by atoms with E-state index in [4.69, 9.17) is 28.4 Å². The number of benzene rings is 2. The lowest BCUT2D eigenvalue weighted by Crippen LogP contribution is -2.18. The predicted molar refractivity (Wildman–Crippen MR) is 84.5 cm³/mol. The maximum atomic E-state index is 11.5. The molecule has 1 aromatic heterocycles. The van der Waals surface area contributed by atoms with Gasteiger partial charge in [0, 0.05) is 12.1 Å². The van der Waals surface area contributed by atoms with Gasteiger partial charge in [-0.2, -0.15) is 0 Å². The molecule has 112 valence electrons. The van der Waals surface area contributed by atoms with Gasteiger partial charge in [0.2, 0.25) is 0 Å². The minimum Gasteiger partial charge on any atom is -0.326 e. The van der Waals surface area contributed by atoms with Crippen molar-refractivity contribution in [1.29, 1.82) is 0 Å². The van der Waals surface area contributed by atoms with Gasteiger partial charge >= 0.3 is 0 Å². The molecule has 0 aliphatic rings. The SMILES string of the molecule is O=C(NO)c1ccc2ncn(Cc3ccc(Cl)c(Cl)c3)c2c1. The van der Waals surface area contributed by atoms with Crippen molar-refractivity contribution in [3.8, 4) is 0 Å². The smallest absolute Gasteiger partial charge is 0.274 e. The molecule has 1 amide bonds. The van der Waals surface area contributed by atoms with Crippen LogP contribution in [-0.4, -0.2) is 20.7 Å². The Morgan fingerprint density at radius 2 is 2.00 bits per heavy atom. The van der Waals surface area contributed by atoms with E-state index in [0.717, 1.165) is 16.6 Å². The molecule has 5 nitrogen and oxygen atoms in total. The van der Waals surface area contributed by atoms with Crippen LogP contribution >= 0.6 is 23.2 Å². The number of rotatable bonds is 3. The number of nitrogens with zero attached hydrogens (tertiary/aromatic N) is 2. The molecule has 2 aromatic carbocycles. The largest absolute Gasteiger partial charge is 0.326 e. The highest BCUT2D eigenvalue weighted by Crippen LogP contribution is 2.24. The molecule has 0 fully saturated rings. The molecule has 0 saturated carbocycles. The van der Waals surface area contributed by atoms with Crippen LogP contribution in [0, 0.1) is 0 Å². The first-order valence-electron chi connectivity index (χ1n) is 6.42. The maximum Gasteiger partial charge on any atom is 0.274 e. The topological polar surface area (TPSA) is 67.2 Å². The number of amides is 1. The van der Waals surface area contributed by atoms with E-state index in [-0.39, 0.29) is 0 Å². The third kappa shape index (κ3) is 2.78. The van der Waals surface area contributed by atoms with E-state index in [9.17, 15) is 4.79 Å². The van der Waals surface area contributed by atoms with E-state index in [2.05, 4.69) is 4.98 Å². The first kappa shape index (κ1) is 14.8. The summed E-state index contributed by atoms with van der Waals surface area (Å²) in [5.74, 6) is -0.566. The molecular weight excluding hydrogens is 325 g/mol. The average Bonchev–Trinajstić information content (AvgIpc) is 2.92. The average molecular weight is 336 g/mol. The summed E-state index contributed by atoms with van der Waals surface area (Å²) in [6, 6.07) is 10.4. The summed E-state index contributed by atoms with van der Waals surface area (Å²) in [7, 11) is 0. The normalized spacial score (nSPS) is 10.9. The zero-order valence-corrected chi connectivity index (χ0v) is 12.8. The summed E-state index contributed by atoms with van der Waals surface area (Å²) in [6.45, 7) is 0.539. The quantitative estimate of drug-likeness (QED) is 0.568. The third-order valence-electron chi connectivity index (χ3n) is 3.32. The number of aromatic nitrogens is 2. The fourth-order valence-electron chi connectivity index (χ4n) is 2.22. The molecule has 22 heavy (non-hydrogen) atoms. The summed E-state index contributed by atoms with van der Waals surface area (Å²) in [6.07, 6.45) is 1.69. The van der Waals surface area contributed by atoms with Crippen LogP contribution in [0.5, 0.6) is 0 Å². The van der Waals surface area contributed by atoms with Crippen molar-refractivity contribution in [2.75, 3.05) is 0 Å². The fraction of sp³-hybridized carbons (Fsp3) is 0.0667. The monoisotopic (exact) mass is 335 g/mol. The van der Waals surface area contributed by atoms with Crippen LogP contribution in [0.1, 0.15) is 15.9 Å². The van der Waals surface area contributed by atoms with Gasteiger partial charge in [0.1, 0.15) is 0 Å². The van der Waals surface area contributed by atoms with Gasteiger partial charge in [-0.15, -0.1) is 0 Å². The Hall–Kier alpha value is -2.08. The van der Waals surface area contributed by atoms with Gasteiger partial charge in [-0.3, -0.25) is 10.0 Å². The van der Waals surface area contributed by atoms with E-state index in [1.807, 2.05) is 10.6 Å². The van der Waals surface area contributed by atoms with Crippen LogP contribution in [0.4, 0.5) is 0 Å². The number of halogens is 2. The Kier molecular flexibility index (Phi) is 4.02. The summed E-state index contributed by atoms with van der Waals surface area (Å²) >= 11 is 11.9. The zero-order valence-electron chi connectivity index (χ0n) is 11.3. The van der Waals surface area contributed by atoms with E-state index >= 15 is 0 Å². The first-order chi connectivity index (χ1) is 10.6. The molecule has 3 rings (SSSR count). The van der Waals surface area contributed by atoms with Crippen LogP contribution in [0.15, 0.2) is 42.7 Å². The molecule has 0 saturated heterocycles. The summed E-state index contributed by atoms with van der Waals surface area (Å²) < 4.78 is 1.89. The number of imidazole rings is 1. The van der Waals surface area contributed by atoms with Gasteiger partial charge < -0.3 is 4.57 Å². The number of carbonyl (C=O) groups is 1. The third-order valence-corrected chi connectivity index (χ3v) is 4.06. The summed E-state index contributed by atoms with van der Waals surface area (Å²) in [5.41, 5.74) is 4.48. The highest BCUT2D eigenvalue weighted by molar-refractivity contribution is 6.42. The maximum absolute atomic E-state index is 11.5. The van der Waals surface area contributed by atoms with E-state index < -0.39 is 5.91 Å². The lowest BCUT2D eigenvalue weighted by atomic mass is 10.2. The van der Waals surface area contributed by atoms with Gasteiger partial charge in [-0.25, -0.2) is 10.5 Å². The number of hydroxylamine groups is 1. The number of hydrogen-bond acceptors (Lipinski definition) is 3. The molecule has 0 aliphatic heterocycles. The predicted octanol–water partition coefficient (Wildman–Crippen LogP) is 3.51. The second-order valence-electron chi connectivity index (χ2n) is 4.77. The van der Waals surface area contributed by atoms with Gasteiger partial charge in [0.15, 0.2) is 0 Å². The lowest BCUT2D eigenvalue weighted by Gasteiger charge is -2.07. The molecule has 0 unspecified atom stereocenters. The minimum absolute atomic E-state index is 0.353. The van der Waals surface area contributed by atoms with Crippen molar-refractivity contribution in [2.24, 2.45) is 0 Å². The standard InChI is InChI=1S/C15H11Cl2N3O2/c16-11-3-1-9(5-12(11)17)7-20-8-18-13-4-2-10(6-14(13)20)15(21)19-22/h1-6,8,22H,7H2,(H,19,21). The van der Waals surface area contributed by atoms with Crippen molar-refractivity contribution in [2.45, 2.75) is 6.54 Å². The molecule has 0 spiro atoms. The second-order valence-corrected chi connectivity index (χ2v) is 5.58. The molecule has 0 radical (unpaired) electrons. The van der Waals surface area contributed by atoms with Crippen LogP contribution in [0.2, 0.25) is 10.0 Å². The number of carbonyl (C=O) groups excluding carboxylic acids is 1. The molecule has 3 aromatic rings. The Bertz CT molecular complexity index is 861. The molecule has 0 aliphatic carbocycles. The van der Waals surface area contributed by atoms with Crippen LogP contribution in [-0.2, 0) is 6.54 Å². The number of hydrogen-bond donors (Lipinski definition) is 2. The molecule has 2 N–H and O–H groups in total. The molecule has 0 bridgehead atoms. The van der Waals surface area contributed by atoms with Crippen molar-refractivity contribution >= 4 is 40.1 Å². The fourth-order valence-corrected chi connectivity index (χ4v) is 2.54. The first-order valence-corrected chi connectivity index (χ1v) is 7.17. The molecule has 0 atom stereocenters. The Morgan fingerprint density at radius 3 is 2.73 bits per heavy atom. The highest BCUT2D eigenvalue weighted by Gasteiger charge is 2.09. The van der Waals surface area contributed by atoms with Gasteiger partial charge in [-0.1, -0.05) is 29.3 Å². The minimum atomic E-state index is -0.566. The highest BCUT2D eigenvalue weighted by atomic mass is 35.5. The van der Waals surface area contributed by atoms with Gasteiger partial charge in [0.25, 0.3) is 5.91 Å². The molecular formula is C15H11Cl2N3O2. The Balaban J connectivity index is 1.99. The van der Waals surface area contributed by atoms with Crippen LogP contribution < -0.4 is 5.48 Å². The second kappa shape index (κ2) is 5.96. The lowest BCUT2D eigenvalue weighted by molar-refractivity contribution is 0.0706. The van der Waals surface area contributed by atoms with E-state index in [1.54, 1.807) is 42.1 Å². The van der Waals surface area contributed by atoms with Crippen molar-refractivity contribution < 1.29 is 10.0 Å². The molecule has 1 heterocycles. The number of fused-ring (bicyclic) bond motifs is 1. The van der Waals surface area contributed by atoms with Crippen LogP contribution in [0.3, 0.4) is 0 Å². The van der Waals surface area contributed by atoms with E-state index in [0.29, 0.717) is 22.2 Å². The van der Waals surface area contributed by atoms with Gasteiger partial charge in [-0.05, 0) is 35.9 Å². The Morgan fingerprint density at radius 1 is 1.18 bits per heavy atom. The van der Waals surface area contributed by atoms with Crippen molar-refractivity contribution in [3.05, 3.63) is 63.9 Å². The van der Waals surface area contributed by atoms with Crippen molar-refractivity contribution in [1.82, 2.24) is 15.0 Å². The summed E-state index contributed by atoms with van der Waals surface area (Å²) in [4.78, 5) is 15.8.